The largest absolute Gasteiger partial charge is 0.493 e. The second kappa shape index (κ2) is 17.3. The summed E-state index contributed by atoms with van der Waals surface area (Å²) in [6.07, 6.45) is -3.33. The van der Waals surface area contributed by atoms with Gasteiger partial charge in [-0.1, -0.05) is 6.42 Å². The normalized spacial score (nSPS) is 18.8. The maximum Gasteiger partial charge on any atom is 0.418 e. The number of hydrogen-bond acceptors (Lipinski definition) is 16. The minimum atomic E-state index is -1.28. The quantitative estimate of drug-likeness (QED) is 0.0509. The monoisotopic (exact) mass is 764 g/mol. The highest BCUT2D eigenvalue weighted by Crippen LogP contribution is 2.45. The molecule has 53 heavy (non-hydrogen) atoms. The van der Waals surface area contributed by atoms with Crippen molar-refractivity contribution in [3.8, 4) is 23.0 Å². The van der Waals surface area contributed by atoms with Gasteiger partial charge in [0, 0.05) is 17.4 Å². The van der Waals surface area contributed by atoms with Gasteiger partial charge in [-0.3, -0.25) is 25.0 Å². The van der Waals surface area contributed by atoms with Crippen molar-refractivity contribution in [1.29, 1.82) is 0 Å². The molecule has 2 unspecified atom stereocenters. The molecule has 0 saturated carbocycles. The summed E-state index contributed by atoms with van der Waals surface area (Å²) in [5.74, 6) is 0.219. The van der Waals surface area contributed by atoms with Gasteiger partial charge in [-0.2, -0.15) is 11.8 Å². The molecule has 4 amide bonds. The lowest BCUT2D eigenvalue weighted by molar-refractivity contribution is -0.386. The lowest BCUT2D eigenvalue weighted by atomic mass is 10.0. The minimum absolute atomic E-state index is 0.0462. The summed E-state index contributed by atoms with van der Waals surface area (Å²) in [7, 11) is 6.54. The average molecular weight is 765 g/mol. The Morgan fingerprint density at radius 2 is 1.23 bits per heavy atom. The van der Waals surface area contributed by atoms with Crippen LogP contribution in [0.1, 0.15) is 62.9 Å². The smallest absolute Gasteiger partial charge is 0.418 e. The topological polar surface area (TPSA) is 226 Å². The van der Waals surface area contributed by atoms with Crippen LogP contribution in [0, 0.1) is 20.2 Å². The van der Waals surface area contributed by atoms with E-state index in [1.165, 1.54) is 73.3 Å². The molecule has 2 saturated heterocycles. The fraction of sp³-hybridized carbons (Fsp3) is 0.515. The van der Waals surface area contributed by atoms with Crippen LogP contribution in [-0.2, 0) is 19.0 Å². The Bertz CT molecular complexity index is 1760. The summed E-state index contributed by atoms with van der Waals surface area (Å²) in [5, 5.41) is 23.5. The Hall–Kier alpha value is -5.53. The summed E-state index contributed by atoms with van der Waals surface area (Å²) < 4.78 is 36.9. The van der Waals surface area contributed by atoms with Crippen molar-refractivity contribution in [3.63, 3.8) is 0 Å². The Kier molecular flexibility index (Phi) is 13.2. The van der Waals surface area contributed by atoms with Crippen molar-refractivity contribution in [2.24, 2.45) is 0 Å². The number of thioether (sulfide) groups is 1. The van der Waals surface area contributed by atoms with E-state index in [4.69, 9.17) is 33.2 Å². The number of carbonyl (C=O) groups excluding carboxylic acids is 4. The molecule has 0 aliphatic carbocycles. The van der Waals surface area contributed by atoms with E-state index in [-0.39, 0.29) is 52.3 Å². The maximum atomic E-state index is 14.1. The molecule has 0 spiro atoms. The van der Waals surface area contributed by atoms with Crippen molar-refractivity contribution in [2.45, 2.75) is 69.1 Å². The van der Waals surface area contributed by atoms with Gasteiger partial charge in [-0.15, -0.1) is 0 Å². The van der Waals surface area contributed by atoms with Crippen LogP contribution in [0.4, 0.5) is 25.8 Å². The molecule has 0 radical (unpaired) electrons. The predicted octanol–water partition coefficient (Wildman–Crippen LogP) is 5.96. The summed E-state index contributed by atoms with van der Waals surface area (Å²) in [6.45, 7) is 2.75. The number of carbonyl (C=O) groups is 4. The van der Waals surface area contributed by atoms with Crippen molar-refractivity contribution in [2.75, 3.05) is 41.3 Å². The van der Waals surface area contributed by atoms with E-state index in [9.17, 15) is 39.4 Å². The molecule has 2 aliphatic heterocycles. The zero-order valence-electron chi connectivity index (χ0n) is 30.1. The van der Waals surface area contributed by atoms with Crippen LogP contribution in [0.3, 0.4) is 0 Å². The standard InChI is InChI=1S/C33H40N4O15S/c1-17(19-12-24(46-3)26(48-5)14-21(19)36(42)43)51-32(40)34-23-16-53-28(10-8-9-11-29(38)50-7)30(23)35(31(34)39)33(41)52-18(2)20-13-25(47-4)27(49-6)15-22(20)37(44)45/h12-15,17-18,23,28,30H,8-11,16H2,1-7H3/t17?,18?,23-,28-,30-/m0/s1. The summed E-state index contributed by atoms with van der Waals surface area (Å²) in [4.78, 5) is 77.5. The van der Waals surface area contributed by atoms with Crippen LogP contribution in [0.2, 0.25) is 0 Å². The van der Waals surface area contributed by atoms with Crippen molar-refractivity contribution in [3.05, 3.63) is 55.6 Å². The van der Waals surface area contributed by atoms with Crippen molar-refractivity contribution >= 4 is 47.3 Å². The number of urea groups is 1. The molecule has 5 atom stereocenters. The molecule has 2 aromatic carbocycles. The van der Waals surface area contributed by atoms with Gasteiger partial charge in [0.15, 0.2) is 23.0 Å². The number of ether oxygens (including phenoxy) is 7. The van der Waals surface area contributed by atoms with E-state index in [0.29, 0.717) is 19.3 Å². The molecule has 0 bridgehead atoms. The number of esters is 1. The molecular weight excluding hydrogens is 724 g/mol. The van der Waals surface area contributed by atoms with Gasteiger partial charge < -0.3 is 33.2 Å². The first kappa shape index (κ1) is 40.2. The Morgan fingerprint density at radius 3 is 1.66 bits per heavy atom. The van der Waals surface area contributed by atoms with Crippen molar-refractivity contribution < 1.29 is 62.2 Å². The Balaban J connectivity index is 1.65. The first-order valence-electron chi connectivity index (χ1n) is 16.2. The van der Waals surface area contributed by atoms with Gasteiger partial charge in [0.2, 0.25) is 0 Å². The van der Waals surface area contributed by atoms with Crippen LogP contribution in [0.25, 0.3) is 0 Å². The van der Waals surface area contributed by atoms with Gasteiger partial charge in [0.05, 0.1) is 80.7 Å². The lowest BCUT2D eigenvalue weighted by Gasteiger charge is -2.26. The number of fused-ring (bicyclic) bond motifs is 1. The summed E-state index contributed by atoms with van der Waals surface area (Å²) in [5.41, 5.74) is -0.960. The molecule has 2 aliphatic rings. The maximum absolute atomic E-state index is 14.1. The molecule has 0 N–H and O–H groups in total. The molecule has 2 aromatic rings. The highest BCUT2D eigenvalue weighted by atomic mass is 32.2. The fourth-order valence-corrected chi connectivity index (χ4v) is 7.91. The second-order valence-corrected chi connectivity index (χ2v) is 13.1. The van der Waals surface area contributed by atoms with Crippen LogP contribution in [0.5, 0.6) is 23.0 Å². The first-order chi connectivity index (χ1) is 25.2. The zero-order valence-corrected chi connectivity index (χ0v) is 30.9. The highest BCUT2D eigenvalue weighted by molar-refractivity contribution is 8.00. The average Bonchev–Trinajstić information content (AvgIpc) is 3.67. The van der Waals surface area contributed by atoms with Gasteiger partial charge in [0.1, 0.15) is 12.2 Å². The van der Waals surface area contributed by atoms with Crippen LogP contribution in [0.15, 0.2) is 24.3 Å². The number of nitro groups is 2. The summed E-state index contributed by atoms with van der Waals surface area (Å²) >= 11 is 1.40. The number of benzene rings is 2. The number of rotatable bonds is 15. The van der Waals surface area contributed by atoms with Gasteiger partial charge in [-0.25, -0.2) is 24.2 Å². The predicted molar refractivity (Wildman–Crippen MR) is 186 cm³/mol. The molecule has 0 aromatic heterocycles. The van der Waals surface area contributed by atoms with Crippen LogP contribution in [-0.4, -0.2) is 102 Å². The van der Waals surface area contributed by atoms with Gasteiger partial charge >= 0.3 is 24.2 Å². The van der Waals surface area contributed by atoms with Crippen LogP contribution < -0.4 is 18.9 Å². The van der Waals surface area contributed by atoms with Crippen LogP contribution >= 0.6 is 11.8 Å². The van der Waals surface area contributed by atoms with E-state index < -0.39 is 69.0 Å². The third-order valence-corrected chi connectivity index (χ3v) is 10.4. The number of hydrogen-bond donors (Lipinski definition) is 0. The van der Waals surface area contributed by atoms with E-state index in [0.717, 1.165) is 21.9 Å². The number of unbranched alkanes of at least 4 members (excludes halogenated alkanes) is 1. The molecule has 19 nitrogen and oxygen atoms in total. The second-order valence-electron chi connectivity index (χ2n) is 11.9. The Labute approximate surface area is 308 Å². The number of amides is 4. The fourth-order valence-electron chi connectivity index (χ4n) is 6.28. The number of nitro benzene ring substituents is 2. The number of imide groups is 2. The first-order valence-corrected chi connectivity index (χ1v) is 17.3. The molecule has 288 valence electrons. The minimum Gasteiger partial charge on any atom is -0.493 e. The van der Waals surface area contributed by atoms with E-state index in [1.807, 2.05) is 0 Å². The van der Waals surface area contributed by atoms with E-state index in [1.54, 1.807) is 0 Å². The molecule has 20 heteroatoms. The molecule has 2 fully saturated rings. The third kappa shape index (κ3) is 8.42. The zero-order chi connectivity index (χ0) is 39.1. The Morgan fingerprint density at radius 1 is 0.774 bits per heavy atom. The van der Waals surface area contributed by atoms with E-state index >= 15 is 0 Å². The molecular formula is C33H40N4O15S. The number of methoxy groups -OCH3 is 5. The van der Waals surface area contributed by atoms with Gasteiger partial charge in [-0.05, 0) is 38.8 Å². The number of nitrogens with zero attached hydrogens (tertiary/aromatic N) is 4. The molecule has 2 heterocycles. The van der Waals surface area contributed by atoms with Crippen molar-refractivity contribution in [1.82, 2.24) is 9.80 Å². The van der Waals surface area contributed by atoms with E-state index in [2.05, 4.69) is 0 Å². The highest BCUT2D eigenvalue weighted by Gasteiger charge is 2.59. The lowest BCUT2D eigenvalue weighted by Crippen LogP contribution is -2.45. The summed E-state index contributed by atoms with van der Waals surface area (Å²) in [6, 6.07) is 1.94. The molecule has 4 rings (SSSR count). The third-order valence-electron chi connectivity index (χ3n) is 8.93. The van der Waals surface area contributed by atoms with Gasteiger partial charge in [0.25, 0.3) is 11.4 Å². The SMILES string of the molecule is COC(=O)CCCC[C@@H]1SC[C@H]2[C@@H]1N(C(=O)OC(C)c1cc(OC)c(OC)cc1[N+](=O)[O-])C(=O)N2C(=O)OC(C)c1cc(OC)c(OC)cc1[N+](=O)[O-].